The molecule has 0 aliphatic carbocycles. The minimum atomic E-state index is -0.335. The van der Waals surface area contributed by atoms with E-state index in [1.54, 1.807) is 41.7 Å². The Morgan fingerprint density at radius 1 is 1.00 bits per heavy atom. The molecular formula is C22H22O2S3. The second-order valence-electron chi connectivity index (χ2n) is 5.89. The average molecular weight is 415 g/mol. The van der Waals surface area contributed by atoms with Crippen LogP contribution >= 0.6 is 35.7 Å². The van der Waals surface area contributed by atoms with Gasteiger partial charge in [0.15, 0.2) is 0 Å². The third-order valence-electron chi connectivity index (χ3n) is 3.68. The van der Waals surface area contributed by atoms with Crippen molar-refractivity contribution in [3.05, 3.63) is 90.0 Å². The number of rotatable bonds is 8. The Morgan fingerprint density at radius 3 is 1.93 bits per heavy atom. The number of allylic oxidation sites excluding steroid dienone is 1. The molecule has 0 fully saturated rings. The van der Waals surface area contributed by atoms with Crippen LogP contribution in [-0.4, -0.2) is 16.1 Å². The summed E-state index contributed by atoms with van der Waals surface area (Å²) >= 11 is 8.77. The van der Waals surface area contributed by atoms with Crippen LogP contribution in [0.1, 0.15) is 34.0 Å². The van der Waals surface area contributed by atoms with Crippen molar-refractivity contribution in [3.63, 3.8) is 0 Å². The second kappa shape index (κ2) is 11.1. The van der Waals surface area contributed by atoms with Crippen molar-refractivity contribution in [1.29, 1.82) is 0 Å². The lowest BCUT2D eigenvalue weighted by Crippen LogP contribution is -2.04. The van der Waals surface area contributed by atoms with Gasteiger partial charge in [0, 0.05) is 11.5 Å². The molecule has 2 aromatic rings. The first kappa shape index (κ1) is 21.5. The van der Waals surface area contributed by atoms with Crippen LogP contribution in [0.15, 0.2) is 67.8 Å². The van der Waals surface area contributed by atoms with Crippen LogP contribution in [0.4, 0.5) is 0 Å². The van der Waals surface area contributed by atoms with Crippen LogP contribution in [0.5, 0.6) is 0 Å². The number of carbonyl (C=O) groups excluding carboxylic acids is 1. The molecule has 0 aliphatic heterocycles. The van der Waals surface area contributed by atoms with E-state index in [1.165, 1.54) is 5.56 Å². The molecule has 27 heavy (non-hydrogen) atoms. The molecule has 0 aliphatic rings. The van der Waals surface area contributed by atoms with Gasteiger partial charge in [-0.15, -0.1) is 23.5 Å². The third-order valence-corrected chi connectivity index (χ3v) is 6.52. The number of thioether (sulfide) groups is 2. The normalized spacial score (nSPS) is 10.3. The highest BCUT2D eigenvalue weighted by Gasteiger charge is 2.07. The summed E-state index contributed by atoms with van der Waals surface area (Å²) in [4.78, 5) is 11.8. The molecule has 0 saturated heterocycles. The molecule has 0 unspecified atom stereocenters. The third kappa shape index (κ3) is 7.37. The number of hydrogen-bond donors (Lipinski definition) is 0. The van der Waals surface area contributed by atoms with E-state index in [-0.39, 0.29) is 12.6 Å². The number of hydrogen-bond acceptors (Lipinski definition) is 5. The van der Waals surface area contributed by atoms with Gasteiger partial charge in [0.2, 0.25) is 0 Å². The van der Waals surface area contributed by atoms with Crippen molar-refractivity contribution in [2.75, 3.05) is 6.61 Å². The Hall–Kier alpha value is -1.82. The summed E-state index contributed by atoms with van der Waals surface area (Å²) in [6.45, 7) is 9.71. The molecule has 2 nitrogen and oxygen atoms in total. The maximum absolute atomic E-state index is 11.8. The highest BCUT2D eigenvalue weighted by molar-refractivity contribution is 8.46. The van der Waals surface area contributed by atoms with E-state index in [9.17, 15) is 4.79 Å². The Labute approximate surface area is 175 Å². The SMILES string of the molecule is C=CCOC(=O)c1ccc(CSC(=S)SCc2ccc(C(=C)C)cc2)cc1. The zero-order valence-corrected chi connectivity index (χ0v) is 17.7. The maximum atomic E-state index is 11.8. The van der Waals surface area contributed by atoms with Gasteiger partial charge in [-0.05, 0) is 35.7 Å². The average Bonchev–Trinajstić information content (AvgIpc) is 2.69. The lowest BCUT2D eigenvalue weighted by atomic mass is 10.1. The van der Waals surface area contributed by atoms with Gasteiger partial charge in [0.05, 0.1) is 5.56 Å². The van der Waals surface area contributed by atoms with Gasteiger partial charge in [-0.3, -0.25) is 0 Å². The van der Waals surface area contributed by atoms with Crippen LogP contribution in [0.25, 0.3) is 5.57 Å². The molecule has 0 N–H and O–H groups in total. The van der Waals surface area contributed by atoms with Gasteiger partial charge >= 0.3 is 5.97 Å². The van der Waals surface area contributed by atoms with Crippen LogP contribution in [0, 0.1) is 0 Å². The Morgan fingerprint density at radius 2 is 1.48 bits per heavy atom. The molecule has 2 rings (SSSR count). The van der Waals surface area contributed by atoms with Gasteiger partial charge in [-0.1, -0.05) is 73.4 Å². The van der Waals surface area contributed by atoms with E-state index in [2.05, 4.69) is 37.4 Å². The molecular weight excluding hydrogens is 392 g/mol. The number of ether oxygens (including phenoxy) is 1. The fourth-order valence-electron chi connectivity index (χ4n) is 2.17. The molecule has 2 aromatic carbocycles. The Balaban J connectivity index is 1.77. The van der Waals surface area contributed by atoms with Crippen molar-refractivity contribution < 1.29 is 9.53 Å². The predicted molar refractivity (Wildman–Crippen MR) is 123 cm³/mol. The Bertz CT molecular complexity index is 808. The molecule has 140 valence electrons. The predicted octanol–water partition coefficient (Wildman–Crippen LogP) is 6.51. The largest absolute Gasteiger partial charge is 0.458 e. The smallest absolute Gasteiger partial charge is 0.338 e. The maximum Gasteiger partial charge on any atom is 0.338 e. The number of esters is 1. The first-order chi connectivity index (χ1) is 13.0. The van der Waals surface area contributed by atoms with E-state index in [1.807, 2.05) is 19.1 Å². The van der Waals surface area contributed by atoms with Crippen molar-refractivity contribution >= 4 is 50.8 Å². The van der Waals surface area contributed by atoms with Crippen LogP contribution < -0.4 is 0 Å². The highest BCUT2D eigenvalue weighted by Crippen LogP contribution is 2.25. The van der Waals surface area contributed by atoms with E-state index >= 15 is 0 Å². The summed E-state index contributed by atoms with van der Waals surface area (Å²) < 4.78 is 5.93. The van der Waals surface area contributed by atoms with E-state index < -0.39 is 0 Å². The van der Waals surface area contributed by atoms with Gasteiger partial charge in [0.1, 0.15) is 10.1 Å². The van der Waals surface area contributed by atoms with Crippen molar-refractivity contribution in [2.24, 2.45) is 0 Å². The Kier molecular flexibility index (Phi) is 8.85. The fourth-order valence-corrected chi connectivity index (χ4v) is 4.16. The van der Waals surface area contributed by atoms with Crippen molar-refractivity contribution in [3.8, 4) is 0 Å². The van der Waals surface area contributed by atoms with Crippen LogP contribution in [0.3, 0.4) is 0 Å². The van der Waals surface area contributed by atoms with E-state index in [4.69, 9.17) is 17.0 Å². The molecule has 0 spiro atoms. The minimum Gasteiger partial charge on any atom is -0.458 e. The fraction of sp³-hybridized carbons (Fsp3) is 0.182. The molecule has 0 radical (unpaired) electrons. The van der Waals surface area contributed by atoms with Gasteiger partial charge in [0.25, 0.3) is 0 Å². The molecule has 0 saturated carbocycles. The summed E-state index contributed by atoms with van der Waals surface area (Å²) in [6.07, 6.45) is 1.55. The summed E-state index contributed by atoms with van der Waals surface area (Å²) in [5.74, 6) is 1.30. The van der Waals surface area contributed by atoms with Gasteiger partial charge in [-0.2, -0.15) is 0 Å². The number of thiocarbonyl (C=S) groups is 1. The van der Waals surface area contributed by atoms with Gasteiger partial charge < -0.3 is 4.74 Å². The first-order valence-corrected chi connectivity index (χ1v) is 10.8. The quantitative estimate of drug-likeness (QED) is 0.278. The zero-order chi connectivity index (χ0) is 19.6. The first-order valence-electron chi connectivity index (χ1n) is 8.41. The summed E-state index contributed by atoms with van der Waals surface area (Å²) in [5.41, 5.74) is 5.14. The molecule has 0 atom stereocenters. The van der Waals surface area contributed by atoms with E-state index in [0.717, 1.165) is 31.7 Å². The molecule has 0 heterocycles. The number of benzene rings is 2. The van der Waals surface area contributed by atoms with Crippen molar-refractivity contribution in [1.82, 2.24) is 0 Å². The topological polar surface area (TPSA) is 26.3 Å². The van der Waals surface area contributed by atoms with Crippen molar-refractivity contribution in [2.45, 2.75) is 18.4 Å². The van der Waals surface area contributed by atoms with E-state index in [0.29, 0.717) is 5.56 Å². The standard InChI is InChI=1S/C22H22O2S3/c1-4-13-24-21(23)20-11-7-18(8-12-20)15-27-22(25)26-14-17-5-9-19(10-6-17)16(2)3/h4-12H,1-2,13-15H2,3H3. The lowest BCUT2D eigenvalue weighted by molar-refractivity contribution is 0.0550. The summed E-state index contributed by atoms with van der Waals surface area (Å²) in [6, 6.07) is 15.8. The molecule has 0 amide bonds. The lowest BCUT2D eigenvalue weighted by Gasteiger charge is -2.06. The van der Waals surface area contributed by atoms with Crippen LogP contribution in [0.2, 0.25) is 0 Å². The zero-order valence-electron chi connectivity index (χ0n) is 15.3. The monoisotopic (exact) mass is 414 g/mol. The highest BCUT2D eigenvalue weighted by atomic mass is 32.2. The number of carbonyl (C=O) groups is 1. The minimum absolute atomic E-state index is 0.220. The van der Waals surface area contributed by atoms with Crippen LogP contribution in [-0.2, 0) is 16.2 Å². The molecule has 0 aromatic heterocycles. The summed E-state index contributed by atoms with van der Waals surface area (Å²) in [7, 11) is 0. The second-order valence-corrected chi connectivity index (χ2v) is 9.04. The molecule has 5 heteroatoms. The van der Waals surface area contributed by atoms with Gasteiger partial charge in [-0.25, -0.2) is 4.79 Å². The molecule has 0 bridgehead atoms. The summed E-state index contributed by atoms with van der Waals surface area (Å²) in [5, 5.41) is 0.